The Hall–Kier alpha value is -3.61. The van der Waals surface area contributed by atoms with Crippen molar-refractivity contribution in [2.24, 2.45) is 0 Å². The second kappa shape index (κ2) is 9.68. The van der Waals surface area contributed by atoms with Gasteiger partial charge >= 0.3 is 12.1 Å². The average molecular weight is 437 g/mol. The number of carbonyl (C=O) groups is 3. The van der Waals surface area contributed by atoms with E-state index in [0.29, 0.717) is 5.57 Å². The number of hydrogen-bond acceptors (Lipinski definition) is 4. The van der Waals surface area contributed by atoms with Crippen LogP contribution in [-0.2, 0) is 14.3 Å². The van der Waals surface area contributed by atoms with E-state index in [0.717, 1.165) is 22.3 Å². The third kappa shape index (κ3) is 5.55. The summed E-state index contributed by atoms with van der Waals surface area (Å²) in [6.07, 6.45) is 0.806. The largest absolute Gasteiger partial charge is 0.481 e. The van der Waals surface area contributed by atoms with Crippen LogP contribution in [0.1, 0.15) is 44.2 Å². The fourth-order valence-corrected chi connectivity index (χ4v) is 3.86. The number of fused-ring (bicyclic) bond motifs is 3. The van der Waals surface area contributed by atoms with E-state index in [1.165, 1.54) is 0 Å². The van der Waals surface area contributed by atoms with Crippen LogP contribution in [0.3, 0.4) is 0 Å². The van der Waals surface area contributed by atoms with E-state index < -0.39 is 17.6 Å². The SMILES string of the molecule is C/C(=C\CNC(=O)OCC1c2ccccc2-c2ccccc21)C(=O)NC(C)(C)CC(=O)O. The van der Waals surface area contributed by atoms with Crippen molar-refractivity contribution in [3.05, 3.63) is 71.3 Å². The Bertz CT molecular complexity index is 1010. The first-order valence-corrected chi connectivity index (χ1v) is 10.5. The number of aliphatic carboxylic acids is 1. The first-order valence-electron chi connectivity index (χ1n) is 10.5. The molecule has 0 heterocycles. The molecular weight excluding hydrogens is 408 g/mol. The highest BCUT2D eigenvalue weighted by molar-refractivity contribution is 5.93. The third-order valence-electron chi connectivity index (χ3n) is 5.40. The fourth-order valence-electron chi connectivity index (χ4n) is 3.86. The van der Waals surface area contributed by atoms with Gasteiger partial charge in [0.15, 0.2) is 0 Å². The highest BCUT2D eigenvalue weighted by Gasteiger charge is 2.29. The smallest absolute Gasteiger partial charge is 0.407 e. The number of ether oxygens (including phenoxy) is 1. The number of amides is 2. The second-order valence-electron chi connectivity index (χ2n) is 8.50. The van der Waals surface area contributed by atoms with Crippen molar-refractivity contribution in [3.8, 4) is 11.1 Å². The highest BCUT2D eigenvalue weighted by atomic mass is 16.5. The van der Waals surface area contributed by atoms with Crippen LogP contribution < -0.4 is 10.6 Å². The van der Waals surface area contributed by atoms with Crippen LogP contribution >= 0.6 is 0 Å². The van der Waals surface area contributed by atoms with E-state index in [2.05, 4.69) is 34.9 Å². The molecule has 0 aliphatic heterocycles. The molecule has 0 atom stereocenters. The number of alkyl carbamates (subject to hydrolysis) is 1. The number of nitrogens with one attached hydrogen (secondary N) is 2. The van der Waals surface area contributed by atoms with Gasteiger partial charge in [-0.25, -0.2) is 4.79 Å². The Morgan fingerprint density at radius 1 is 1.03 bits per heavy atom. The summed E-state index contributed by atoms with van der Waals surface area (Å²) in [6, 6.07) is 16.2. The molecular formula is C25H28N2O5. The van der Waals surface area contributed by atoms with Crippen LogP contribution in [-0.4, -0.2) is 41.8 Å². The molecule has 0 unspecified atom stereocenters. The van der Waals surface area contributed by atoms with Crippen LogP contribution in [0.4, 0.5) is 4.79 Å². The van der Waals surface area contributed by atoms with Crippen molar-refractivity contribution in [2.45, 2.75) is 38.6 Å². The van der Waals surface area contributed by atoms with Crippen molar-refractivity contribution >= 4 is 18.0 Å². The van der Waals surface area contributed by atoms with Gasteiger partial charge in [0.1, 0.15) is 6.61 Å². The first-order chi connectivity index (χ1) is 15.2. The lowest BCUT2D eigenvalue weighted by Gasteiger charge is -2.24. The third-order valence-corrected chi connectivity index (χ3v) is 5.40. The lowest BCUT2D eigenvalue weighted by Crippen LogP contribution is -2.45. The first kappa shape index (κ1) is 23.1. The van der Waals surface area contributed by atoms with Gasteiger partial charge in [-0.15, -0.1) is 0 Å². The summed E-state index contributed by atoms with van der Waals surface area (Å²) in [6.45, 7) is 5.22. The lowest BCUT2D eigenvalue weighted by atomic mass is 9.98. The number of benzene rings is 2. The van der Waals surface area contributed by atoms with Crippen LogP contribution in [0, 0.1) is 0 Å². The van der Waals surface area contributed by atoms with Gasteiger partial charge in [0.25, 0.3) is 0 Å². The Balaban J connectivity index is 1.52. The molecule has 0 bridgehead atoms. The maximum Gasteiger partial charge on any atom is 0.407 e. The van der Waals surface area contributed by atoms with E-state index in [1.54, 1.807) is 26.8 Å². The summed E-state index contributed by atoms with van der Waals surface area (Å²) in [7, 11) is 0. The number of carboxylic acids is 1. The molecule has 3 N–H and O–H groups in total. The molecule has 2 amide bonds. The molecule has 3 rings (SSSR count). The number of carbonyl (C=O) groups excluding carboxylic acids is 2. The van der Waals surface area contributed by atoms with E-state index in [1.807, 2.05) is 24.3 Å². The Morgan fingerprint density at radius 3 is 2.16 bits per heavy atom. The number of rotatable bonds is 8. The van der Waals surface area contributed by atoms with E-state index >= 15 is 0 Å². The average Bonchev–Trinajstić information content (AvgIpc) is 3.04. The molecule has 0 radical (unpaired) electrons. The second-order valence-corrected chi connectivity index (χ2v) is 8.50. The summed E-state index contributed by atoms with van der Waals surface area (Å²) in [5.41, 5.74) is 4.09. The molecule has 0 fully saturated rings. The van der Waals surface area contributed by atoms with Crippen molar-refractivity contribution < 1.29 is 24.2 Å². The Labute approximate surface area is 187 Å². The summed E-state index contributed by atoms with van der Waals surface area (Å²) in [5, 5.41) is 14.2. The predicted octanol–water partition coefficient (Wildman–Crippen LogP) is 3.84. The maximum atomic E-state index is 12.2. The molecule has 7 nitrogen and oxygen atoms in total. The zero-order valence-electron chi connectivity index (χ0n) is 18.5. The molecule has 2 aromatic carbocycles. The molecule has 7 heteroatoms. The summed E-state index contributed by atoms with van der Waals surface area (Å²) in [5.74, 6) is -1.40. The summed E-state index contributed by atoms with van der Waals surface area (Å²) < 4.78 is 5.46. The van der Waals surface area contributed by atoms with Gasteiger partial charge in [0.05, 0.1) is 6.42 Å². The standard InChI is InChI=1S/C25H28N2O5/c1-16(23(30)27-25(2,3)14-22(28)29)12-13-26-24(31)32-15-21-19-10-6-4-8-17(19)18-9-5-7-11-20(18)21/h4-12,21H,13-15H2,1-3H3,(H,26,31)(H,27,30)(H,28,29)/b16-12+. The van der Waals surface area contributed by atoms with Crippen LogP contribution in [0.25, 0.3) is 11.1 Å². The fraction of sp³-hybridized carbons (Fsp3) is 0.320. The Morgan fingerprint density at radius 2 is 1.59 bits per heavy atom. The molecule has 0 spiro atoms. The van der Waals surface area contributed by atoms with Gasteiger partial charge in [-0.05, 0) is 43.0 Å². The van der Waals surface area contributed by atoms with Gasteiger partial charge in [0.2, 0.25) is 5.91 Å². The van der Waals surface area contributed by atoms with Gasteiger partial charge in [-0.2, -0.15) is 0 Å². The van der Waals surface area contributed by atoms with Gasteiger partial charge in [-0.1, -0.05) is 54.6 Å². The molecule has 0 saturated carbocycles. The van der Waals surface area contributed by atoms with Crippen LogP contribution in [0.2, 0.25) is 0 Å². The van der Waals surface area contributed by atoms with Crippen molar-refractivity contribution in [1.29, 1.82) is 0 Å². The van der Waals surface area contributed by atoms with Crippen LogP contribution in [0.5, 0.6) is 0 Å². The zero-order valence-corrected chi connectivity index (χ0v) is 18.5. The van der Waals surface area contributed by atoms with E-state index in [9.17, 15) is 14.4 Å². The maximum absolute atomic E-state index is 12.2. The normalized spacial score (nSPS) is 13.2. The highest BCUT2D eigenvalue weighted by Crippen LogP contribution is 2.44. The molecule has 1 aliphatic carbocycles. The summed E-state index contributed by atoms with van der Waals surface area (Å²) in [4.78, 5) is 35.3. The molecule has 168 valence electrons. The minimum absolute atomic E-state index is 0.0207. The lowest BCUT2D eigenvalue weighted by molar-refractivity contribution is -0.138. The minimum Gasteiger partial charge on any atom is -0.481 e. The van der Waals surface area contributed by atoms with Crippen molar-refractivity contribution in [2.75, 3.05) is 13.2 Å². The topological polar surface area (TPSA) is 105 Å². The van der Waals surface area contributed by atoms with Gasteiger partial charge < -0.3 is 20.5 Å². The molecule has 32 heavy (non-hydrogen) atoms. The molecule has 1 aliphatic rings. The van der Waals surface area contributed by atoms with Gasteiger partial charge in [0, 0.05) is 23.6 Å². The zero-order chi connectivity index (χ0) is 23.3. The van der Waals surface area contributed by atoms with Gasteiger partial charge in [-0.3, -0.25) is 9.59 Å². The quantitative estimate of drug-likeness (QED) is 0.546. The van der Waals surface area contributed by atoms with E-state index in [4.69, 9.17) is 9.84 Å². The Kier molecular flexibility index (Phi) is 6.98. The number of carboxylic acid groups (broad SMARTS) is 1. The van der Waals surface area contributed by atoms with Crippen LogP contribution in [0.15, 0.2) is 60.2 Å². The van der Waals surface area contributed by atoms with Crippen molar-refractivity contribution in [1.82, 2.24) is 10.6 Å². The predicted molar refractivity (Wildman–Crippen MR) is 121 cm³/mol. The summed E-state index contributed by atoms with van der Waals surface area (Å²) >= 11 is 0. The number of hydrogen-bond donors (Lipinski definition) is 3. The molecule has 0 saturated heterocycles. The molecule has 2 aromatic rings. The van der Waals surface area contributed by atoms with E-state index in [-0.39, 0.29) is 31.4 Å². The van der Waals surface area contributed by atoms with Crippen molar-refractivity contribution in [3.63, 3.8) is 0 Å². The minimum atomic E-state index is -0.992. The monoisotopic (exact) mass is 436 g/mol. The molecule has 0 aromatic heterocycles.